The number of hydrogen-bond acceptors (Lipinski definition) is 4. The third-order valence-electron chi connectivity index (χ3n) is 2.91. The van der Waals surface area contributed by atoms with Gasteiger partial charge in [0.05, 0.1) is 10.6 Å². The summed E-state index contributed by atoms with van der Waals surface area (Å²) in [6, 6.07) is 1.95. The third kappa shape index (κ3) is 2.61. The van der Waals surface area contributed by atoms with Crippen LogP contribution in [0, 0.1) is 20.8 Å². The molecule has 2 rings (SSSR count). The summed E-state index contributed by atoms with van der Waals surface area (Å²) in [7, 11) is 0. The van der Waals surface area contributed by atoms with E-state index >= 15 is 0 Å². The van der Waals surface area contributed by atoms with E-state index in [2.05, 4.69) is 10.5 Å². The number of nitrogens with one attached hydrogen (secondary N) is 1. The molecule has 2 heterocycles. The van der Waals surface area contributed by atoms with E-state index in [0.717, 1.165) is 33.9 Å². The van der Waals surface area contributed by atoms with E-state index in [4.69, 9.17) is 4.52 Å². The first-order valence-corrected chi connectivity index (χ1v) is 6.71. The van der Waals surface area contributed by atoms with Crippen LogP contribution < -0.4 is 5.32 Å². The minimum absolute atomic E-state index is 0.00531. The largest absolute Gasteiger partial charge is 0.361 e. The monoisotopic (exact) mass is 264 g/mol. The minimum Gasteiger partial charge on any atom is -0.361 e. The maximum atomic E-state index is 11.9. The summed E-state index contributed by atoms with van der Waals surface area (Å²) in [6.07, 6.45) is 0.747. The summed E-state index contributed by atoms with van der Waals surface area (Å²) in [5, 5.41) is 8.74. The summed E-state index contributed by atoms with van der Waals surface area (Å²) in [6.45, 7) is 6.34. The second kappa shape index (κ2) is 5.35. The van der Waals surface area contributed by atoms with Gasteiger partial charge in [0.15, 0.2) is 0 Å². The van der Waals surface area contributed by atoms with Crippen molar-refractivity contribution >= 4 is 17.2 Å². The van der Waals surface area contributed by atoms with Gasteiger partial charge in [0.25, 0.3) is 5.91 Å². The quantitative estimate of drug-likeness (QED) is 0.923. The fourth-order valence-corrected chi connectivity index (χ4v) is 2.69. The van der Waals surface area contributed by atoms with E-state index in [1.54, 1.807) is 0 Å². The normalized spacial score (nSPS) is 10.6. The van der Waals surface area contributed by atoms with Crippen molar-refractivity contribution in [2.45, 2.75) is 27.2 Å². The fourth-order valence-electron chi connectivity index (χ4n) is 1.85. The molecule has 0 aliphatic heterocycles. The minimum atomic E-state index is -0.00531. The smallest absolute Gasteiger partial charge is 0.261 e. The molecule has 0 spiro atoms. The SMILES string of the molecule is Cc1ccsc1C(=O)NCCc1c(C)noc1C. The van der Waals surface area contributed by atoms with Gasteiger partial charge in [-0.3, -0.25) is 4.79 Å². The van der Waals surface area contributed by atoms with Crippen molar-refractivity contribution in [1.82, 2.24) is 10.5 Å². The van der Waals surface area contributed by atoms with Crippen molar-refractivity contribution in [3.8, 4) is 0 Å². The molecule has 0 aliphatic rings. The second-order valence-electron chi connectivity index (χ2n) is 4.24. The van der Waals surface area contributed by atoms with Crippen molar-refractivity contribution < 1.29 is 9.32 Å². The van der Waals surface area contributed by atoms with Crippen molar-refractivity contribution in [3.05, 3.63) is 38.9 Å². The lowest BCUT2D eigenvalue weighted by Gasteiger charge is -2.04. The number of rotatable bonds is 4. The lowest BCUT2D eigenvalue weighted by molar-refractivity contribution is 0.0957. The zero-order valence-corrected chi connectivity index (χ0v) is 11.6. The zero-order valence-electron chi connectivity index (χ0n) is 10.7. The van der Waals surface area contributed by atoms with E-state index in [0.29, 0.717) is 6.54 Å². The molecule has 4 nitrogen and oxygen atoms in total. The molecule has 1 amide bonds. The lowest BCUT2D eigenvalue weighted by Crippen LogP contribution is -2.25. The van der Waals surface area contributed by atoms with Gasteiger partial charge >= 0.3 is 0 Å². The van der Waals surface area contributed by atoms with Crippen LogP contribution in [0.2, 0.25) is 0 Å². The predicted octanol–water partition coefficient (Wildman–Crippen LogP) is 2.63. The van der Waals surface area contributed by atoms with Crippen LogP contribution in [0.4, 0.5) is 0 Å². The molecular weight excluding hydrogens is 248 g/mol. The van der Waals surface area contributed by atoms with E-state index in [-0.39, 0.29) is 5.91 Å². The van der Waals surface area contributed by atoms with Gasteiger partial charge in [0, 0.05) is 12.1 Å². The summed E-state index contributed by atoms with van der Waals surface area (Å²) in [4.78, 5) is 12.7. The van der Waals surface area contributed by atoms with Gasteiger partial charge in [-0.25, -0.2) is 0 Å². The molecule has 2 aromatic heterocycles. The highest BCUT2D eigenvalue weighted by Gasteiger charge is 2.12. The molecule has 0 radical (unpaired) electrons. The Morgan fingerprint density at radius 1 is 1.44 bits per heavy atom. The van der Waals surface area contributed by atoms with Crippen LogP contribution in [0.3, 0.4) is 0 Å². The first-order chi connectivity index (χ1) is 8.59. The van der Waals surface area contributed by atoms with Crippen molar-refractivity contribution in [3.63, 3.8) is 0 Å². The Bertz CT molecular complexity index is 538. The Labute approximate surface area is 110 Å². The number of nitrogens with zero attached hydrogens (tertiary/aromatic N) is 1. The highest BCUT2D eigenvalue weighted by Crippen LogP contribution is 2.15. The Morgan fingerprint density at radius 2 is 2.22 bits per heavy atom. The van der Waals surface area contributed by atoms with E-state index in [9.17, 15) is 4.79 Å². The number of carbonyl (C=O) groups is 1. The number of carbonyl (C=O) groups excluding carboxylic acids is 1. The Morgan fingerprint density at radius 3 is 2.78 bits per heavy atom. The summed E-state index contributed by atoms with van der Waals surface area (Å²) in [5.41, 5.74) is 3.00. The predicted molar refractivity (Wildman–Crippen MR) is 71.1 cm³/mol. The van der Waals surface area contributed by atoms with Crippen molar-refractivity contribution in [2.24, 2.45) is 0 Å². The van der Waals surface area contributed by atoms with Gasteiger partial charge in [-0.2, -0.15) is 0 Å². The standard InChI is InChI=1S/C13H16N2O2S/c1-8-5-7-18-12(8)13(16)14-6-4-11-9(2)15-17-10(11)3/h5,7H,4,6H2,1-3H3,(H,14,16). The molecule has 0 atom stereocenters. The van der Waals surface area contributed by atoms with E-state index in [1.165, 1.54) is 11.3 Å². The average Bonchev–Trinajstić information content (AvgIpc) is 2.89. The van der Waals surface area contributed by atoms with E-state index < -0.39 is 0 Å². The van der Waals surface area contributed by atoms with Crippen molar-refractivity contribution in [2.75, 3.05) is 6.54 Å². The summed E-state index contributed by atoms with van der Waals surface area (Å²) >= 11 is 1.47. The summed E-state index contributed by atoms with van der Waals surface area (Å²) < 4.78 is 5.08. The molecule has 0 saturated heterocycles. The number of thiophene rings is 1. The molecule has 96 valence electrons. The van der Waals surface area contributed by atoms with Gasteiger partial charge < -0.3 is 9.84 Å². The highest BCUT2D eigenvalue weighted by atomic mass is 32.1. The van der Waals surface area contributed by atoms with Crippen LogP contribution in [0.15, 0.2) is 16.0 Å². The molecule has 0 aliphatic carbocycles. The van der Waals surface area contributed by atoms with Gasteiger partial charge in [-0.15, -0.1) is 11.3 Å². The average molecular weight is 264 g/mol. The van der Waals surface area contributed by atoms with Gasteiger partial charge in [-0.1, -0.05) is 5.16 Å². The third-order valence-corrected chi connectivity index (χ3v) is 3.93. The molecule has 2 aromatic rings. The van der Waals surface area contributed by atoms with Crippen LogP contribution in [0.5, 0.6) is 0 Å². The molecule has 18 heavy (non-hydrogen) atoms. The molecule has 1 N–H and O–H groups in total. The molecule has 0 bridgehead atoms. The number of aryl methyl sites for hydroxylation is 3. The van der Waals surface area contributed by atoms with Crippen LogP contribution in [0.1, 0.15) is 32.3 Å². The Hall–Kier alpha value is -1.62. The maximum Gasteiger partial charge on any atom is 0.261 e. The number of aromatic nitrogens is 1. The first kappa shape index (κ1) is 12.8. The van der Waals surface area contributed by atoms with Crippen LogP contribution >= 0.6 is 11.3 Å². The molecule has 5 heteroatoms. The zero-order chi connectivity index (χ0) is 13.1. The summed E-state index contributed by atoms with van der Waals surface area (Å²) in [5.74, 6) is 0.823. The molecule has 0 saturated carbocycles. The van der Waals surface area contributed by atoms with Gasteiger partial charge in [-0.05, 0) is 44.2 Å². The van der Waals surface area contributed by atoms with E-state index in [1.807, 2.05) is 32.2 Å². The van der Waals surface area contributed by atoms with Crippen LogP contribution in [-0.4, -0.2) is 17.6 Å². The maximum absolute atomic E-state index is 11.9. The lowest BCUT2D eigenvalue weighted by atomic mass is 10.1. The topological polar surface area (TPSA) is 55.1 Å². The Balaban J connectivity index is 1.90. The van der Waals surface area contributed by atoms with Gasteiger partial charge in [0.2, 0.25) is 0 Å². The fraction of sp³-hybridized carbons (Fsp3) is 0.385. The van der Waals surface area contributed by atoms with Crippen molar-refractivity contribution in [1.29, 1.82) is 0 Å². The number of hydrogen-bond donors (Lipinski definition) is 1. The molecule has 0 aromatic carbocycles. The van der Waals surface area contributed by atoms with Crippen LogP contribution in [0.25, 0.3) is 0 Å². The highest BCUT2D eigenvalue weighted by molar-refractivity contribution is 7.12. The first-order valence-electron chi connectivity index (χ1n) is 5.83. The number of amides is 1. The molecule has 0 unspecified atom stereocenters. The molecular formula is C13H16N2O2S. The van der Waals surface area contributed by atoms with Crippen LogP contribution in [-0.2, 0) is 6.42 Å². The Kier molecular flexibility index (Phi) is 3.81. The second-order valence-corrected chi connectivity index (χ2v) is 5.16. The van der Waals surface area contributed by atoms with Gasteiger partial charge in [0.1, 0.15) is 5.76 Å². The molecule has 0 fully saturated rings.